The van der Waals surface area contributed by atoms with Crippen molar-refractivity contribution in [2.75, 3.05) is 5.32 Å². The van der Waals surface area contributed by atoms with Gasteiger partial charge >= 0.3 is 0 Å². The zero-order valence-electron chi connectivity index (χ0n) is 8.16. The molecule has 82 valence electrons. The van der Waals surface area contributed by atoms with Gasteiger partial charge in [-0.25, -0.2) is 0 Å². The maximum absolute atomic E-state index is 11.2. The number of carbonyl (C=O) groups is 1. The summed E-state index contributed by atoms with van der Waals surface area (Å²) in [4.78, 5) is 11.4. The maximum atomic E-state index is 11.2. The highest BCUT2D eigenvalue weighted by Crippen LogP contribution is 2.21. The lowest BCUT2D eigenvalue weighted by Crippen LogP contribution is -2.16. The number of amides is 1. The molecule has 0 radical (unpaired) electrons. The molecule has 16 heavy (non-hydrogen) atoms. The molecule has 1 rings (SSSR count). The number of halogens is 1. The summed E-state index contributed by atoms with van der Waals surface area (Å²) in [7, 11) is 0. The summed E-state index contributed by atoms with van der Waals surface area (Å²) in [5.74, 6) is -0.428. The first-order valence-electron chi connectivity index (χ1n) is 4.30. The van der Waals surface area contributed by atoms with Crippen LogP contribution in [0, 0.1) is 11.3 Å². The SMILES string of the molecule is N#CCC(=O)Nc1cc(Cl)ccc1C(N)=S. The Bertz CT molecular complexity index is 481. The summed E-state index contributed by atoms with van der Waals surface area (Å²) in [6.07, 6.45) is -0.233. The first-order valence-corrected chi connectivity index (χ1v) is 5.09. The number of benzene rings is 1. The molecular weight excluding hydrogens is 246 g/mol. The van der Waals surface area contributed by atoms with Crippen molar-refractivity contribution in [3.8, 4) is 6.07 Å². The Hall–Kier alpha value is -1.64. The Balaban J connectivity index is 3.02. The van der Waals surface area contributed by atoms with Gasteiger partial charge in [-0.1, -0.05) is 23.8 Å². The molecule has 0 saturated heterocycles. The van der Waals surface area contributed by atoms with Gasteiger partial charge in [-0.2, -0.15) is 5.26 Å². The molecule has 0 unspecified atom stereocenters. The largest absolute Gasteiger partial charge is 0.389 e. The first kappa shape index (κ1) is 12.4. The molecule has 6 heteroatoms. The highest BCUT2D eigenvalue weighted by molar-refractivity contribution is 7.80. The van der Waals surface area contributed by atoms with Gasteiger partial charge in [0.05, 0.1) is 11.8 Å². The quantitative estimate of drug-likeness (QED) is 0.806. The third kappa shape index (κ3) is 3.19. The number of nitrogens with one attached hydrogen (secondary N) is 1. The smallest absolute Gasteiger partial charge is 0.238 e. The van der Waals surface area contributed by atoms with Crippen LogP contribution in [0.25, 0.3) is 0 Å². The number of nitrogens with two attached hydrogens (primary N) is 1. The van der Waals surface area contributed by atoms with Crippen molar-refractivity contribution in [3.05, 3.63) is 28.8 Å². The summed E-state index contributed by atoms with van der Waals surface area (Å²) >= 11 is 10.6. The standard InChI is InChI=1S/C10H8ClN3OS/c11-6-1-2-7(10(13)16)8(5-6)14-9(15)3-4-12/h1-2,5H,3H2,(H2,13,16)(H,14,15). The Morgan fingerprint density at radius 2 is 2.31 bits per heavy atom. The molecule has 0 saturated carbocycles. The van der Waals surface area contributed by atoms with E-state index in [-0.39, 0.29) is 11.4 Å². The highest BCUT2D eigenvalue weighted by atomic mass is 35.5. The maximum Gasteiger partial charge on any atom is 0.238 e. The average molecular weight is 254 g/mol. The Labute approximate surface area is 103 Å². The molecule has 0 aromatic heterocycles. The van der Waals surface area contributed by atoms with Crippen LogP contribution in [0.15, 0.2) is 18.2 Å². The van der Waals surface area contributed by atoms with E-state index in [0.29, 0.717) is 16.3 Å². The van der Waals surface area contributed by atoms with E-state index in [1.165, 1.54) is 6.07 Å². The molecule has 0 aliphatic rings. The third-order valence-electron chi connectivity index (χ3n) is 1.76. The van der Waals surface area contributed by atoms with E-state index in [4.69, 9.17) is 34.8 Å². The molecule has 0 heterocycles. The number of carbonyl (C=O) groups excluding carboxylic acids is 1. The fourth-order valence-corrected chi connectivity index (χ4v) is 1.45. The molecule has 1 amide bonds. The molecular formula is C10H8ClN3OS. The van der Waals surface area contributed by atoms with Gasteiger partial charge in [0.15, 0.2) is 0 Å². The number of nitrogens with zero attached hydrogens (tertiary/aromatic N) is 1. The van der Waals surface area contributed by atoms with Gasteiger partial charge in [0, 0.05) is 10.6 Å². The van der Waals surface area contributed by atoms with Crippen LogP contribution in [0.1, 0.15) is 12.0 Å². The van der Waals surface area contributed by atoms with E-state index in [0.717, 1.165) is 0 Å². The van der Waals surface area contributed by atoms with Crippen molar-refractivity contribution < 1.29 is 4.79 Å². The number of nitriles is 1. The molecule has 3 N–H and O–H groups in total. The van der Waals surface area contributed by atoms with Gasteiger partial charge in [0.25, 0.3) is 0 Å². The third-order valence-corrected chi connectivity index (χ3v) is 2.22. The van der Waals surface area contributed by atoms with E-state index in [9.17, 15) is 4.79 Å². The lowest BCUT2D eigenvalue weighted by atomic mass is 10.1. The van der Waals surface area contributed by atoms with Gasteiger partial charge < -0.3 is 11.1 Å². The number of hydrogen-bond donors (Lipinski definition) is 2. The van der Waals surface area contributed by atoms with E-state index in [1.54, 1.807) is 18.2 Å². The number of rotatable bonds is 3. The second-order valence-electron chi connectivity index (χ2n) is 2.94. The lowest BCUT2D eigenvalue weighted by molar-refractivity contribution is -0.115. The zero-order valence-corrected chi connectivity index (χ0v) is 9.73. The zero-order chi connectivity index (χ0) is 12.1. The molecule has 0 fully saturated rings. The predicted octanol–water partition coefficient (Wildman–Crippen LogP) is 1.83. The predicted molar refractivity (Wildman–Crippen MR) is 66.2 cm³/mol. The second-order valence-corrected chi connectivity index (χ2v) is 3.81. The van der Waals surface area contributed by atoms with Crippen molar-refractivity contribution in [2.45, 2.75) is 6.42 Å². The molecule has 0 aliphatic heterocycles. The van der Waals surface area contributed by atoms with Crippen LogP contribution in [-0.4, -0.2) is 10.9 Å². The number of hydrogen-bond acceptors (Lipinski definition) is 3. The normalized spacial score (nSPS) is 9.25. The molecule has 0 spiro atoms. The van der Waals surface area contributed by atoms with Crippen molar-refractivity contribution in [2.24, 2.45) is 5.73 Å². The molecule has 0 atom stereocenters. The summed E-state index contributed by atoms with van der Waals surface area (Å²) in [6.45, 7) is 0. The van der Waals surface area contributed by atoms with E-state index in [2.05, 4.69) is 5.32 Å². The minimum Gasteiger partial charge on any atom is -0.389 e. The number of anilines is 1. The van der Waals surface area contributed by atoms with Crippen LogP contribution in [0.5, 0.6) is 0 Å². The fraction of sp³-hybridized carbons (Fsp3) is 0.100. The summed E-state index contributed by atoms with van der Waals surface area (Å²) in [5.41, 5.74) is 6.42. The van der Waals surface area contributed by atoms with Crippen LogP contribution < -0.4 is 11.1 Å². The monoisotopic (exact) mass is 253 g/mol. The van der Waals surface area contributed by atoms with Gasteiger partial charge in [-0.05, 0) is 18.2 Å². The second kappa shape index (κ2) is 5.45. The first-order chi connectivity index (χ1) is 7.54. The van der Waals surface area contributed by atoms with Crippen LogP contribution >= 0.6 is 23.8 Å². The molecule has 1 aromatic rings. The summed E-state index contributed by atoms with van der Waals surface area (Å²) in [6, 6.07) is 6.51. The summed E-state index contributed by atoms with van der Waals surface area (Å²) in [5, 5.41) is 11.3. The molecule has 0 bridgehead atoms. The van der Waals surface area contributed by atoms with Crippen LogP contribution in [0.3, 0.4) is 0 Å². The van der Waals surface area contributed by atoms with E-state index in [1.807, 2.05) is 0 Å². The Morgan fingerprint density at radius 1 is 1.62 bits per heavy atom. The Morgan fingerprint density at radius 3 is 2.88 bits per heavy atom. The van der Waals surface area contributed by atoms with Crippen LogP contribution in [-0.2, 0) is 4.79 Å². The van der Waals surface area contributed by atoms with E-state index >= 15 is 0 Å². The average Bonchev–Trinajstić information content (AvgIpc) is 2.17. The van der Waals surface area contributed by atoms with Crippen molar-refractivity contribution in [1.29, 1.82) is 5.26 Å². The lowest BCUT2D eigenvalue weighted by Gasteiger charge is -2.09. The minimum absolute atomic E-state index is 0.156. The Kier molecular flexibility index (Phi) is 4.23. The summed E-state index contributed by atoms with van der Waals surface area (Å²) < 4.78 is 0. The van der Waals surface area contributed by atoms with E-state index < -0.39 is 5.91 Å². The van der Waals surface area contributed by atoms with Gasteiger partial charge in [0.2, 0.25) is 5.91 Å². The fourth-order valence-electron chi connectivity index (χ4n) is 1.10. The van der Waals surface area contributed by atoms with Gasteiger partial charge in [-0.15, -0.1) is 0 Å². The molecule has 4 nitrogen and oxygen atoms in total. The minimum atomic E-state index is -0.428. The van der Waals surface area contributed by atoms with Crippen molar-refractivity contribution >= 4 is 40.4 Å². The molecule has 1 aromatic carbocycles. The highest BCUT2D eigenvalue weighted by Gasteiger charge is 2.09. The van der Waals surface area contributed by atoms with Gasteiger partial charge in [0.1, 0.15) is 11.4 Å². The van der Waals surface area contributed by atoms with Gasteiger partial charge in [-0.3, -0.25) is 4.79 Å². The molecule has 0 aliphatic carbocycles. The van der Waals surface area contributed by atoms with Crippen LogP contribution in [0.4, 0.5) is 5.69 Å². The van der Waals surface area contributed by atoms with Crippen molar-refractivity contribution in [3.63, 3.8) is 0 Å². The topological polar surface area (TPSA) is 78.9 Å². The van der Waals surface area contributed by atoms with Crippen LogP contribution in [0.2, 0.25) is 5.02 Å². The van der Waals surface area contributed by atoms with Crippen molar-refractivity contribution in [1.82, 2.24) is 0 Å². The number of thiocarbonyl (C=S) groups is 1.